The highest BCUT2D eigenvalue weighted by atomic mass is 16.5. The van der Waals surface area contributed by atoms with Gasteiger partial charge in [-0.25, -0.2) is 4.79 Å². The summed E-state index contributed by atoms with van der Waals surface area (Å²) in [5.41, 5.74) is 0.165. The number of rotatable bonds is 9. The van der Waals surface area contributed by atoms with Gasteiger partial charge < -0.3 is 14.2 Å². The number of benzene rings is 1. The first kappa shape index (κ1) is 17.5. The lowest BCUT2D eigenvalue weighted by Gasteiger charge is -2.28. The molecule has 1 unspecified atom stereocenters. The van der Waals surface area contributed by atoms with E-state index in [1.165, 1.54) is 0 Å². The predicted octanol–water partition coefficient (Wildman–Crippen LogP) is 2.14. The molecule has 0 saturated carbocycles. The Bertz CT molecular complexity index is 450. The second kappa shape index (κ2) is 8.64. The maximum atomic E-state index is 12.1. The molecule has 0 fully saturated rings. The third kappa shape index (κ3) is 5.36. The van der Waals surface area contributed by atoms with Crippen LogP contribution in [-0.2, 0) is 20.9 Å². The summed E-state index contributed by atoms with van der Waals surface area (Å²) in [5, 5.41) is 3.13. The van der Waals surface area contributed by atoms with E-state index >= 15 is 0 Å². The van der Waals surface area contributed by atoms with Crippen LogP contribution in [0, 0.1) is 0 Å². The minimum absolute atomic E-state index is 0.204. The fourth-order valence-electron chi connectivity index (χ4n) is 1.98. The molecule has 0 aliphatic carbocycles. The number of methoxy groups -OCH3 is 1. The molecule has 118 valence electrons. The highest BCUT2D eigenvalue weighted by Gasteiger charge is 2.34. The van der Waals surface area contributed by atoms with Gasteiger partial charge in [0, 0.05) is 7.11 Å². The fraction of sp³-hybridized carbons (Fsp3) is 0.562. The van der Waals surface area contributed by atoms with Gasteiger partial charge in [-0.05, 0) is 38.1 Å². The van der Waals surface area contributed by atoms with Crippen molar-refractivity contribution in [2.75, 3.05) is 26.9 Å². The molecule has 0 heterocycles. The summed E-state index contributed by atoms with van der Waals surface area (Å²) < 4.78 is 16.0. The first-order chi connectivity index (χ1) is 10.1. The molecule has 1 atom stereocenters. The van der Waals surface area contributed by atoms with Crippen molar-refractivity contribution in [1.29, 1.82) is 0 Å². The van der Waals surface area contributed by atoms with Gasteiger partial charge in [-0.15, -0.1) is 0 Å². The van der Waals surface area contributed by atoms with E-state index in [1.54, 1.807) is 21.0 Å². The van der Waals surface area contributed by atoms with Crippen LogP contribution in [0.5, 0.6) is 5.75 Å². The molecule has 1 rings (SSSR count). The van der Waals surface area contributed by atoms with Crippen LogP contribution in [0.3, 0.4) is 0 Å². The Kier molecular flexibility index (Phi) is 7.19. The monoisotopic (exact) mass is 295 g/mol. The number of esters is 1. The molecule has 0 amide bonds. The Morgan fingerprint density at radius 3 is 2.71 bits per heavy atom. The Morgan fingerprint density at radius 1 is 1.33 bits per heavy atom. The minimum atomic E-state index is -0.859. The van der Waals surface area contributed by atoms with Gasteiger partial charge in [0.2, 0.25) is 0 Å². The number of hydrogen-bond acceptors (Lipinski definition) is 5. The Labute approximate surface area is 126 Å². The van der Waals surface area contributed by atoms with Crippen LogP contribution in [0.4, 0.5) is 0 Å². The summed E-state index contributed by atoms with van der Waals surface area (Å²) in [5.74, 6) is 0.401. The van der Waals surface area contributed by atoms with Crippen molar-refractivity contribution in [3.63, 3.8) is 0 Å². The van der Waals surface area contributed by atoms with Crippen molar-refractivity contribution in [2.24, 2.45) is 0 Å². The smallest absolute Gasteiger partial charge is 0.329 e. The van der Waals surface area contributed by atoms with E-state index in [2.05, 4.69) is 5.32 Å². The molecule has 0 aromatic heterocycles. The van der Waals surface area contributed by atoms with E-state index in [0.29, 0.717) is 25.5 Å². The van der Waals surface area contributed by atoms with Crippen molar-refractivity contribution in [3.8, 4) is 5.75 Å². The number of likely N-dealkylation sites (N-methyl/N-ethyl adjacent to an activating group) is 1. The number of carbonyl (C=O) groups excluding carboxylic acids is 1. The van der Waals surface area contributed by atoms with Crippen LogP contribution in [0.15, 0.2) is 24.3 Å². The van der Waals surface area contributed by atoms with Gasteiger partial charge in [-0.1, -0.05) is 19.1 Å². The van der Waals surface area contributed by atoms with Crippen LogP contribution >= 0.6 is 0 Å². The lowest BCUT2D eigenvalue weighted by atomic mass is 10.0. The Balaban J connectivity index is 2.72. The summed E-state index contributed by atoms with van der Waals surface area (Å²) in [6.07, 6.45) is 0. The number of ether oxygens (including phenoxy) is 3. The SMILES string of the molecule is CCNC(C)(COc1cccc(COC)c1)C(=O)OCC. The van der Waals surface area contributed by atoms with E-state index in [0.717, 1.165) is 5.56 Å². The van der Waals surface area contributed by atoms with Gasteiger partial charge in [0.1, 0.15) is 17.9 Å². The molecule has 1 aromatic carbocycles. The molecule has 21 heavy (non-hydrogen) atoms. The van der Waals surface area contributed by atoms with Gasteiger partial charge in [0.25, 0.3) is 0 Å². The van der Waals surface area contributed by atoms with Crippen LogP contribution in [0.1, 0.15) is 26.3 Å². The third-order valence-electron chi connectivity index (χ3n) is 3.03. The second-order valence-electron chi connectivity index (χ2n) is 4.95. The summed E-state index contributed by atoms with van der Waals surface area (Å²) in [7, 11) is 1.65. The highest BCUT2D eigenvalue weighted by Crippen LogP contribution is 2.17. The average Bonchev–Trinajstić information content (AvgIpc) is 2.46. The first-order valence-corrected chi connectivity index (χ1v) is 7.18. The van der Waals surface area contributed by atoms with Crippen molar-refractivity contribution in [3.05, 3.63) is 29.8 Å². The standard InChI is InChI=1S/C16H25NO4/c1-5-17-16(3,15(18)20-6-2)12-21-14-9-7-8-13(10-14)11-19-4/h7-10,17H,5-6,11-12H2,1-4H3. The molecule has 0 saturated heterocycles. The van der Waals surface area contributed by atoms with Gasteiger partial charge in [-0.3, -0.25) is 5.32 Å². The fourth-order valence-corrected chi connectivity index (χ4v) is 1.98. The van der Waals surface area contributed by atoms with E-state index in [4.69, 9.17) is 14.2 Å². The lowest BCUT2D eigenvalue weighted by molar-refractivity contribution is -0.151. The average molecular weight is 295 g/mol. The summed E-state index contributed by atoms with van der Waals surface area (Å²) >= 11 is 0. The predicted molar refractivity (Wildman–Crippen MR) is 81.4 cm³/mol. The number of carbonyl (C=O) groups is 1. The van der Waals surface area contributed by atoms with Crippen LogP contribution in [-0.4, -0.2) is 38.4 Å². The maximum absolute atomic E-state index is 12.1. The molecule has 0 spiro atoms. The van der Waals surface area contributed by atoms with Gasteiger partial charge >= 0.3 is 5.97 Å². The Hall–Kier alpha value is -1.59. The number of nitrogens with one attached hydrogen (secondary N) is 1. The normalized spacial score (nSPS) is 13.5. The quantitative estimate of drug-likeness (QED) is 0.707. The van der Waals surface area contributed by atoms with Crippen molar-refractivity contribution in [2.45, 2.75) is 32.9 Å². The molecular weight excluding hydrogens is 270 g/mol. The van der Waals surface area contributed by atoms with E-state index < -0.39 is 5.54 Å². The molecule has 0 bridgehead atoms. The number of hydrogen-bond donors (Lipinski definition) is 1. The topological polar surface area (TPSA) is 56.8 Å². The molecule has 0 aliphatic rings. The Morgan fingerprint density at radius 2 is 2.10 bits per heavy atom. The highest BCUT2D eigenvalue weighted by molar-refractivity contribution is 5.80. The van der Waals surface area contributed by atoms with E-state index in [9.17, 15) is 4.79 Å². The molecule has 1 aromatic rings. The van der Waals surface area contributed by atoms with Crippen molar-refractivity contribution < 1.29 is 19.0 Å². The maximum Gasteiger partial charge on any atom is 0.329 e. The molecule has 5 heteroatoms. The lowest BCUT2D eigenvalue weighted by Crippen LogP contribution is -2.54. The summed E-state index contributed by atoms with van der Waals surface area (Å²) in [6, 6.07) is 7.63. The van der Waals surface area contributed by atoms with E-state index in [1.807, 2.05) is 31.2 Å². The molecule has 5 nitrogen and oxygen atoms in total. The summed E-state index contributed by atoms with van der Waals surface area (Å²) in [6.45, 7) is 7.25. The zero-order valence-electron chi connectivity index (χ0n) is 13.3. The first-order valence-electron chi connectivity index (χ1n) is 7.18. The zero-order valence-corrected chi connectivity index (χ0v) is 13.3. The molecule has 1 N–H and O–H groups in total. The third-order valence-corrected chi connectivity index (χ3v) is 3.03. The molecule has 0 aliphatic heterocycles. The molecule has 0 radical (unpaired) electrons. The van der Waals surface area contributed by atoms with Crippen LogP contribution in [0.25, 0.3) is 0 Å². The minimum Gasteiger partial charge on any atom is -0.491 e. The van der Waals surface area contributed by atoms with E-state index in [-0.39, 0.29) is 12.6 Å². The van der Waals surface area contributed by atoms with Crippen molar-refractivity contribution in [1.82, 2.24) is 5.32 Å². The van der Waals surface area contributed by atoms with Gasteiger partial charge in [0.05, 0.1) is 13.2 Å². The van der Waals surface area contributed by atoms with Crippen LogP contribution < -0.4 is 10.1 Å². The molecular formula is C16H25NO4. The largest absolute Gasteiger partial charge is 0.491 e. The second-order valence-corrected chi connectivity index (χ2v) is 4.95. The summed E-state index contributed by atoms with van der Waals surface area (Å²) in [4.78, 5) is 12.1. The van der Waals surface area contributed by atoms with Gasteiger partial charge in [-0.2, -0.15) is 0 Å². The van der Waals surface area contributed by atoms with Gasteiger partial charge in [0.15, 0.2) is 0 Å². The zero-order chi connectivity index (χ0) is 15.7. The van der Waals surface area contributed by atoms with Crippen molar-refractivity contribution >= 4 is 5.97 Å². The van der Waals surface area contributed by atoms with Crippen LogP contribution in [0.2, 0.25) is 0 Å².